The molecule has 2 aromatic rings. The number of nitrogens with zero attached hydrogens (tertiary/aromatic N) is 2. The van der Waals surface area contributed by atoms with E-state index in [1.807, 2.05) is 32.0 Å². The van der Waals surface area contributed by atoms with E-state index in [9.17, 15) is 0 Å². The van der Waals surface area contributed by atoms with E-state index in [-0.39, 0.29) is 6.04 Å². The zero-order chi connectivity index (χ0) is 13.8. The molecule has 0 saturated heterocycles. The van der Waals surface area contributed by atoms with Gasteiger partial charge in [-0.3, -0.25) is 0 Å². The highest BCUT2D eigenvalue weighted by atomic mass is 16.5. The molecule has 0 spiro atoms. The Kier molecular flexibility index (Phi) is 4.16. The van der Waals surface area contributed by atoms with Gasteiger partial charge in [0.25, 0.3) is 0 Å². The molecule has 0 saturated carbocycles. The van der Waals surface area contributed by atoms with Crippen LogP contribution in [0.2, 0.25) is 0 Å². The Morgan fingerprint density at radius 1 is 1.42 bits per heavy atom. The van der Waals surface area contributed by atoms with Crippen LogP contribution < -0.4 is 10.5 Å². The highest BCUT2D eigenvalue weighted by Crippen LogP contribution is 2.24. The molecule has 0 bridgehead atoms. The van der Waals surface area contributed by atoms with Gasteiger partial charge in [0.05, 0.1) is 7.11 Å². The van der Waals surface area contributed by atoms with E-state index < -0.39 is 0 Å². The lowest BCUT2D eigenvalue weighted by molar-refractivity contribution is 0.368. The van der Waals surface area contributed by atoms with Gasteiger partial charge in [0, 0.05) is 18.0 Å². The molecule has 1 atom stereocenters. The third-order valence-corrected chi connectivity index (χ3v) is 3.08. The Hall–Kier alpha value is -1.88. The van der Waals surface area contributed by atoms with Gasteiger partial charge in [0.1, 0.15) is 5.75 Å². The molecule has 5 nitrogen and oxygen atoms in total. The number of rotatable bonds is 5. The molecule has 1 heterocycles. The third-order valence-electron chi connectivity index (χ3n) is 3.08. The van der Waals surface area contributed by atoms with Gasteiger partial charge in [-0.15, -0.1) is 0 Å². The molecule has 2 N–H and O–H groups in total. The third kappa shape index (κ3) is 3.12. The van der Waals surface area contributed by atoms with Gasteiger partial charge in [0.2, 0.25) is 11.7 Å². The van der Waals surface area contributed by atoms with Crippen molar-refractivity contribution in [2.24, 2.45) is 5.73 Å². The van der Waals surface area contributed by atoms with Crippen molar-refractivity contribution >= 4 is 0 Å². The number of hydrogen-bond donors (Lipinski definition) is 1. The van der Waals surface area contributed by atoms with E-state index in [1.165, 1.54) is 0 Å². The molecule has 1 aromatic carbocycles. The molecule has 1 unspecified atom stereocenters. The molecule has 19 heavy (non-hydrogen) atoms. The largest absolute Gasteiger partial charge is 0.496 e. The molecule has 0 aliphatic rings. The van der Waals surface area contributed by atoms with Crippen LogP contribution in [0.3, 0.4) is 0 Å². The number of ether oxygens (including phenoxy) is 1. The second-order valence-corrected chi connectivity index (χ2v) is 4.57. The fourth-order valence-corrected chi connectivity index (χ4v) is 1.84. The first-order valence-corrected chi connectivity index (χ1v) is 6.37. The normalized spacial score (nSPS) is 12.4. The molecule has 5 heteroatoms. The Morgan fingerprint density at radius 3 is 2.84 bits per heavy atom. The molecule has 2 rings (SSSR count). The van der Waals surface area contributed by atoms with Crippen LogP contribution in [-0.4, -0.2) is 23.3 Å². The van der Waals surface area contributed by atoms with Crippen molar-refractivity contribution in [2.45, 2.75) is 32.7 Å². The first-order chi connectivity index (χ1) is 9.13. The topological polar surface area (TPSA) is 74.2 Å². The van der Waals surface area contributed by atoms with Crippen molar-refractivity contribution in [3.63, 3.8) is 0 Å². The first-order valence-electron chi connectivity index (χ1n) is 6.37. The van der Waals surface area contributed by atoms with E-state index in [1.54, 1.807) is 7.11 Å². The van der Waals surface area contributed by atoms with Crippen molar-refractivity contribution in [2.75, 3.05) is 7.11 Å². The van der Waals surface area contributed by atoms with E-state index in [4.69, 9.17) is 15.0 Å². The molecule has 102 valence electrons. The van der Waals surface area contributed by atoms with E-state index in [2.05, 4.69) is 10.1 Å². The summed E-state index contributed by atoms with van der Waals surface area (Å²) in [4.78, 5) is 4.37. The van der Waals surface area contributed by atoms with Crippen molar-refractivity contribution in [1.29, 1.82) is 0 Å². The molecule has 0 amide bonds. The Labute approximate surface area is 112 Å². The molecular weight excluding hydrogens is 242 g/mol. The number of methoxy groups -OCH3 is 1. The Balaban J connectivity index is 2.20. The lowest BCUT2D eigenvalue weighted by atomic mass is 10.1. The average molecular weight is 261 g/mol. The standard InChI is InChI=1S/C14H19N3O2/c1-4-11(15)8-13-16-14(17-19-13)10-5-6-12(18-3)9(2)7-10/h5-7,11H,4,8,15H2,1-3H3. The minimum atomic E-state index is 0.0610. The van der Waals surface area contributed by atoms with Crippen LogP contribution in [0, 0.1) is 6.92 Å². The van der Waals surface area contributed by atoms with Gasteiger partial charge in [-0.1, -0.05) is 12.1 Å². The molecule has 0 fully saturated rings. The number of aryl methyl sites for hydroxylation is 1. The quantitative estimate of drug-likeness (QED) is 0.894. The van der Waals surface area contributed by atoms with Crippen LogP contribution in [0.1, 0.15) is 24.8 Å². The minimum Gasteiger partial charge on any atom is -0.496 e. The number of nitrogens with two attached hydrogens (primary N) is 1. The molecule has 0 radical (unpaired) electrons. The van der Waals surface area contributed by atoms with Crippen LogP contribution in [-0.2, 0) is 6.42 Å². The van der Waals surface area contributed by atoms with E-state index in [0.717, 1.165) is 23.3 Å². The van der Waals surface area contributed by atoms with Gasteiger partial charge < -0.3 is 15.0 Å². The predicted octanol–water partition coefficient (Wildman–Crippen LogP) is 2.33. The predicted molar refractivity (Wildman–Crippen MR) is 73.0 cm³/mol. The summed E-state index contributed by atoms with van der Waals surface area (Å²) in [6, 6.07) is 5.86. The van der Waals surface area contributed by atoms with Crippen molar-refractivity contribution in [1.82, 2.24) is 10.1 Å². The van der Waals surface area contributed by atoms with E-state index >= 15 is 0 Å². The van der Waals surface area contributed by atoms with Crippen LogP contribution >= 0.6 is 0 Å². The smallest absolute Gasteiger partial charge is 0.228 e. The second-order valence-electron chi connectivity index (χ2n) is 4.57. The summed E-state index contributed by atoms with van der Waals surface area (Å²) in [6.07, 6.45) is 1.50. The summed E-state index contributed by atoms with van der Waals surface area (Å²) in [7, 11) is 1.65. The average Bonchev–Trinajstić information content (AvgIpc) is 2.87. The minimum absolute atomic E-state index is 0.0610. The fourth-order valence-electron chi connectivity index (χ4n) is 1.84. The second kappa shape index (κ2) is 5.84. The number of benzene rings is 1. The van der Waals surface area contributed by atoms with Crippen LogP contribution in [0.4, 0.5) is 0 Å². The van der Waals surface area contributed by atoms with Crippen LogP contribution in [0.15, 0.2) is 22.7 Å². The van der Waals surface area contributed by atoms with Crippen molar-refractivity contribution < 1.29 is 9.26 Å². The van der Waals surface area contributed by atoms with Gasteiger partial charge in [-0.05, 0) is 37.1 Å². The molecular formula is C14H19N3O2. The first kappa shape index (κ1) is 13.5. The lowest BCUT2D eigenvalue weighted by Crippen LogP contribution is -2.21. The Bertz CT molecular complexity index is 551. The summed E-state index contributed by atoms with van der Waals surface area (Å²) in [5.74, 6) is 2.02. The summed E-state index contributed by atoms with van der Waals surface area (Å²) in [5.41, 5.74) is 7.82. The van der Waals surface area contributed by atoms with Gasteiger partial charge >= 0.3 is 0 Å². The SMILES string of the molecule is CCC(N)Cc1nc(-c2ccc(OC)c(C)c2)no1. The zero-order valence-corrected chi connectivity index (χ0v) is 11.5. The van der Waals surface area contributed by atoms with Crippen LogP contribution in [0.25, 0.3) is 11.4 Å². The summed E-state index contributed by atoms with van der Waals surface area (Å²) in [5, 5.41) is 3.99. The molecule has 0 aliphatic heterocycles. The summed E-state index contributed by atoms with van der Waals surface area (Å²) in [6.45, 7) is 4.02. The highest BCUT2D eigenvalue weighted by Gasteiger charge is 2.12. The van der Waals surface area contributed by atoms with E-state index in [0.29, 0.717) is 18.1 Å². The van der Waals surface area contributed by atoms with Crippen molar-refractivity contribution in [3.05, 3.63) is 29.7 Å². The Morgan fingerprint density at radius 2 is 2.21 bits per heavy atom. The summed E-state index contributed by atoms with van der Waals surface area (Å²) < 4.78 is 10.4. The van der Waals surface area contributed by atoms with Gasteiger partial charge in [0.15, 0.2) is 0 Å². The monoisotopic (exact) mass is 261 g/mol. The highest BCUT2D eigenvalue weighted by molar-refractivity contribution is 5.58. The fraction of sp³-hybridized carbons (Fsp3) is 0.429. The lowest BCUT2D eigenvalue weighted by Gasteiger charge is -2.04. The van der Waals surface area contributed by atoms with Gasteiger partial charge in [-0.2, -0.15) is 4.98 Å². The van der Waals surface area contributed by atoms with Crippen molar-refractivity contribution in [3.8, 4) is 17.1 Å². The number of hydrogen-bond acceptors (Lipinski definition) is 5. The maximum Gasteiger partial charge on any atom is 0.228 e. The zero-order valence-electron chi connectivity index (χ0n) is 11.5. The number of aromatic nitrogens is 2. The van der Waals surface area contributed by atoms with Crippen LogP contribution in [0.5, 0.6) is 5.75 Å². The maximum absolute atomic E-state index is 5.87. The van der Waals surface area contributed by atoms with Gasteiger partial charge in [-0.25, -0.2) is 0 Å². The molecule has 1 aromatic heterocycles. The maximum atomic E-state index is 5.87. The summed E-state index contributed by atoms with van der Waals surface area (Å²) >= 11 is 0. The molecule has 0 aliphatic carbocycles.